The molecule has 13 heavy (non-hydrogen) atoms. The first-order valence-corrected chi connectivity index (χ1v) is 5.38. The Balaban J connectivity index is 2.00. The van der Waals surface area contributed by atoms with Crippen molar-refractivity contribution in [2.75, 3.05) is 6.54 Å². The molecule has 1 nitrogen and oxygen atoms in total. The molecule has 0 spiro atoms. The van der Waals surface area contributed by atoms with Crippen LogP contribution in [0.25, 0.3) is 0 Å². The van der Waals surface area contributed by atoms with E-state index in [1.165, 1.54) is 19.3 Å². The summed E-state index contributed by atoms with van der Waals surface area (Å²) in [6.07, 6.45) is 11.1. The third-order valence-electron chi connectivity index (χ3n) is 3.49. The maximum absolute atomic E-state index is 5.54. The van der Waals surface area contributed by atoms with E-state index in [0.29, 0.717) is 0 Å². The zero-order valence-corrected chi connectivity index (χ0v) is 8.37. The topological polar surface area (TPSA) is 26.0 Å². The molecule has 2 bridgehead atoms. The maximum Gasteiger partial charge on any atom is -0.00218 e. The Kier molecular flexibility index (Phi) is 2.54. The predicted molar refractivity (Wildman–Crippen MR) is 56.3 cm³/mol. The van der Waals surface area contributed by atoms with Gasteiger partial charge in [-0.15, -0.1) is 0 Å². The maximum atomic E-state index is 5.54. The van der Waals surface area contributed by atoms with Crippen LogP contribution in [0.5, 0.6) is 0 Å². The summed E-state index contributed by atoms with van der Waals surface area (Å²) in [5.41, 5.74) is 7.12. The molecule has 0 saturated carbocycles. The second-order valence-corrected chi connectivity index (χ2v) is 4.41. The van der Waals surface area contributed by atoms with Gasteiger partial charge >= 0.3 is 0 Å². The molecule has 0 aromatic rings. The van der Waals surface area contributed by atoms with Gasteiger partial charge < -0.3 is 5.73 Å². The predicted octanol–water partition coefficient (Wildman–Crippen LogP) is 2.49. The van der Waals surface area contributed by atoms with Gasteiger partial charge in [0.2, 0.25) is 0 Å². The molecule has 0 aromatic heterocycles. The van der Waals surface area contributed by atoms with Crippen LogP contribution in [0.3, 0.4) is 0 Å². The summed E-state index contributed by atoms with van der Waals surface area (Å²) in [5, 5.41) is 0. The van der Waals surface area contributed by atoms with Gasteiger partial charge in [0, 0.05) is 0 Å². The fourth-order valence-corrected chi connectivity index (χ4v) is 2.63. The summed E-state index contributed by atoms with van der Waals surface area (Å²) >= 11 is 0. The number of nitrogens with two attached hydrogens (primary N) is 1. The van der Waals surface area contributed by atoms with Crippen molar-refractivity contribution in [1.29, 1.82) is 0 Å². The monoisotopic (exact) mass is 177 g/mol. The molecule has 0 radical (unpaired) electrons. The van der Waals surface area contributed by atoms with Crippen molar-refractivity contribution in [1.82, 2.24) is 0 Å². The second-order valence-electron chi connectivity index (χ2n) is 4.41. The van der Waals surface area contributed by atoms with Crippen molar-refractivity contribution in [3.05, 3.63) is 23.8 Å². The number of hydrogen-bond donors (Lipinski definition) is 1. The molecule has 3 unspecified atom stereocenters. The highest BCUT2D eigenvalue weighted by molar-refractivity contribution is 5.26. The van der Waals surface area contributed by atoms with Crippen molar-refractivity contribution >= 4 is 0 Å². The third kappa shape index (κ3) is 1.71. The molecule has 1 heteroatoms. The van der Waals surface area contributed by atoms with Gasteiger partial charge in [-0.1, -0.05) is 23.8 Å². The highest BCUT2D eigenvalue weighted by Crippen LogP contribution is 2.41. The molecular formula is C12H19N. The lowest BCUT2D eigenvalue weighted by molar-refractivity contribution is 0.316. The number of hydrogen-bond acceptors (Lipinski definition) is 1. The molecule has 0 aliphatic heterocycles. The number of allylic oxidation sites excluding steroid dienone is 4. The summed E-state index contributed by atoms with van der Waals surface area (Å²) in [6.45, 7) is 3.11. The van der Waals surface area contributed by atoms with Crippen LogP contribution in [-0.4, -0.2) is 6.54 Å². The first-order valence-electron chi connectivity index (χ1n) is 5.38. The molecule has 0 amide bonds. The Morgan fingerprint density at radius 1 is 1.46 bits per heavy atom. The average Bonchev–Trinajstić information content (AvgIpc) is 2.16. The quantitative estimate of drug-likeness (QED) is 0.658. The fraction of sp³-hybridized carbons (Fsp3) is 0.667. The van der Waals surface area contributed by atoms with E-state index in [9.17, 15) is 0 Å². The number of fused-ring (bicyclic) bond motifs is 1. The molecular weight excluding hydrogens is 158 g/mol. The van der Waals surface area contributed by atoms with Crippen LogP contribution in [0, 0.1) is 17.8 Å². The molecule has 0 aromatic carbocycles. The van der Waals surface area contributed by atoms with E-state index in [2.05, 4.69) is 25.2 Å². The van der Waals surface area contributed by atoms with Crippen LogP contribution < -0.4 is 5.73 Å². The summed E-state index contributed by atoms with van der Waals surface area (Å²) in [4.78, 5) is 0. The molecule has 72 valence electrons. The van der Waals surface area contributed by atoms with Gasteiger partial charge in [0.15, 0.2) is 0 Å². The Morgan fingerprint density at radius 3 is 2.85 bits per heavy atom. The summed E-state index contributed by atoms with van der Waals surface area (Å²) in [6, 6.07) is 0. The molecule has 3 aliphatic rings. The number of rotatable bonds is 3. The molecule has 0 saturated heterocycles. The van der Waals surface area contributed by atoms with Crippen LogP contribution in [0.4, 0.5) is 0 Å². The van der Waals surface area contributed by atoms with Crippen LogP contribution in [-0.2, 0) is 0 Å². The summed E-state index contributed by atoms with van der Waals surface area (Å²) in [7, 11) is 0. The van der Waals surface area contributed by atoms with Crippen molar-refractivity contribution in [3.8, 4) is 0 Å². The normalized spacial score (nSPS) is 36.5. The molecule has 3 rings (SSSR count). The lowest BCUT2D eigenvalue weighted by Gasteiger charge is -2.36. The third-order valence-corrected chi connectivity index (χ3v) is 3.49. The van der Waals surface area contributed by atoms with Crippen molar-refractivity contribution in [2.24, 2.45) is 23.5 Å². The Labute approximate surface area is 80.7 Å². The van der Waals surface area contributed by atoms with E-state index in [-0.39, 0.29) is 0 Å². The lowest BCUT2D eigenvalue weighted by atomic mass is 9.69. The fourth-order valence-electron chi connectivity index (χ4n) is 2.63. The molecule has 3 aliphatic carbocycles. The Hall–Kier alpha value is -0.560. The Morgan fingerprint density at radius 2 is 2.31 bits per heavy atom. The second kappa shape index (κ2) is 3.67. The van der Waals surface area contributed by atoms with Gasteiger partial charge in [-0.05, 0) is 50.5 Å². The minimum Gasteiger partial charge on any atom is -0.330 e. The van der Waals surface area contributed by atoms with E-state index in [1.54, 1.807) is 5.57 Å². The first kappa shape index (κ1) is 9.01. The van der Waals surface area contributed by atoms with Crippen molar-refractivity contribution < 1.29 is 0 Å². The largest absolute Gasteiger partial charge is 0.330 e. The molecule has 0 fully saturated rings. The van der Waals surface area contributed by atoms with Gasteiger partial charge in [-0.25, -0.2) is 0 Å². The van der Waals surface area contributed by atoms with E-state index >= 15 is 0 Å². The molecule has 2 N–H and O–H groups in total. The van der Waals surface area contributed by atoms with Gasteiger partial charge in [0.05, 0.1) is 0 Å². The first-order chi connectivity index (χ1) is 6.31. The van der Waals surface area contributed by atoms with Crippen LogP contribution in [0.1, 0.15) is 26.2 Å². The van der Waals surface area contributed by atoms with Gasteiger partial charge in [0.1, 0.15) is 0 Å². The van der Waals surface area contributed by atoms with E-state index in [0.717, 1.165) is 24.3 Å². The minimum atomic E-state index is 0.719. The zero-order chi connectivity index (χ0) is 9.26. The summed E-state index contributed by atoms with van der Waals surface area (Å²) in [5.74, 6) is 2.34. The van der Waals surface area contributed by atoms with Crippen LogP contribution in [0.15, 0.2) is 23.8 Å². The van der Waals surface area contributed by atoms with Crippen LogP contribution >= 0.6 is 0 Å². The SMILES string of the molecule is CC1=CC2C=CC1CC2CCCN. The summed E-state index contributed by atoms with van der Waals surface area (Å²) < 4.78 is 0. The van der Waals surface area contributed by atoms with Crippen molar-refractivity contribution in [3.63, 3.8) is 0 Å². The Bertz CT molecular complexity index is 240. The highest BCUT2D eigenvalue weighted by atomic mass is 14.5. The average molecular weight is 177 g/mol. The molecule has 0 heterocycles. The van der Waals surface area contributed by atoms with E-state index in [1.807, 2.05) is 0 Å². The van der Waals surface area contributed by atoms with E-state index < -0.39 is 0 Å². The van der Waals surface area contributed by atoms with Gasteiger partial charge in [-0.2, -0.15) is 0 Å². The standard InChI is InChI=1S/C12H19N/c1-9-7-12-5-4-10(9)8-11(12)3-2-6-13/h4-5,7,10-12H,2-3,6,8,13H2,1H3. The minimum absolute atomic E-state index is 0.719. The molecule has 3 atom stereocenters. The van der Waals surface area contributed by atoms with E-state index in [4.69, 9.17) is 5.73 Å². The smallest absolute Gasteiger partial charge is 0.00218 e. The van der Waals surface area contributed by atoms with Crippen LogP contribution in [0.2, 0.25) is 0 Å². The van der Waals surface area contributed by atoms with Gasteiger partial charge in [0.25, 0.3) is 0 Å². The highest BCUT2D eigenvalue weighted by Gasteiger charge is 2.29. The van der Waals surface area contributed by atoms with Gasteiger partial charge in [-0.3, -0.25) is 0 Å². The zero-order valence-electron chi connectivity index (χ0n) is 8.37. The van der Waals surface area contributed by atoms with Crippen molar-refractivity contribution in [2.45, 2.75) is 26.2 Å². The lowest BCUT2D eigenvalue weighted by Crippen LogP contribution is -2.26.